The normalized spacial score (nSPS) is 17.4. The summed E-state index contributed by atoms with van der Waals surface area (Å²) in [5, 5.41) is 2.99. The van der Waals surface area contributed by atoms with Crippen LogP contribution in [0.25, 0.3) is 0 Å². The summed E-state index contributed by atoms with van der Waals surface area (Å²) in [5.74, 6) is -0.679. The molecule has 0 saturated carbocycles. The highest BCUT2D eigenvalue weighted by Gasteiger charge is 2.35. The van der Waals surface area contributed by atoms with Gasteiger partial charge in [-0.1, -0.05) is 42.1 Å². The highest BCUT2D eigenvalue weighted by Crippen LogP contribution is 2.43. The summed E-state index contributed by atoms with van der Waals surface area (Å²) in [6.45, 7) is 4.34. The number of carbonyl (C=O) groups is 3. The van der Waals surface area contributed by atoms with Crippen molar-refractivity contribution in [3.8, 4) is 0 Å². The van der Waals surface area contributed by atoms with Crippen LogP contribution in [0.3, 0.4) is 0 Å². The topological polar surface area (TPSA) is 69.7 Å². The average Bonchev–Trinajstić information content (AvgIpc) is 3.17. The maximum Gasteiger partial charge on any atom is 0.259 e. The summed E-state index contributed by atoms with van der Waals surface area (Å²) in [6, 6.07) is 22.6. The minimum Gasteiger partial charge on any atom is -0.326 e. The minimum absolute atomic E-state index is 0.0214. The summed E-state index contributed by atoms with van der Waals surface area (Å²) in [6.07, 6.45) is 0.184. The Bertz CT molecular complexity index is 1280. The number of hydrogen-bond donors (Lipinski definition) is 1. The molecule has 0 spiro atoms. The fourth-order valence-corrected chi connectivity index (χ4v) is 5.57. The van der Waals surface area contributed by atoms with Crippen molar-refractivity contribution in [3.05, 3.63) is 78.4 Å². The Balaban J connectivity index is 1.39. The first-order valence-electron chi connectivity index (χ1n) is 11.3. The molecule has 1 fully saturated rings. The Morgan fingerprint density at radius 2 is 1.71 bits per heavy atom. The Morgan fingerprint density at radius 1 is 0.971 bits per heavy atom. The first-order chi connectivity index (χ1) is 16.4. The molecular formula is C27H25N3O3S. The van der Waals surface area contributed by atoms with Gasteiger partial charge >= 0.3 is 0 Å². The van der Waals surface area contributed by atoms with Gasteiger partial charge in [0, 0.05) is 40.2 Å². The molecule has 2 heterocycles. The van der Waals surface area contributed by atoms with E-state index in [1.165, 1.54) is 11.8 Å². The number of para-hydroxylation sites is 1. The van der Waals surface area contributed by atoms with Crippen LogP contribution in [-0.2, 0) is 9.59 Å². The zero-order valence-electron chi connectivity index (χ0n) is 19.0. The lowest BCUT2D eigenvalue weighted by molar-refractivity contribution is -0.122. The van der Waals surface area contributed by atoms with Crippen molar-refractivity contribution in [2.24, 2.45) is 5.92 Å². The van der Waals surface area contributed by atoms with Gasteiger partial charge in [0.1, 0.15) is 0 Å². The number of nitrogens with zero attached hydrogens (tertiary/aromatic N) is 2. The van der Waals surface area contributed by atoms with Crippen molar-refractivity contribution >= 4 is 46.5 Å². The molecule has 1 atom stereocenters. The molecule has 1 N–H and O–H groups in total. The van der Waals surface area contributed by atoms with Crippen LogP contribution in [0.1, 0.15) is 30.6 Å². The zero-order chi connectivity index (χ0) is 23.8. The van der Waals surface area contributed by atoms with E-state index in [2.05, 4.69) is 5.32 Å². The number of anilines is 3. The van der Waals surface area contributed by atoms with Gasteiger partial charge < -0.3 is 15.1 Å². The van der Waals surface area contributed by atoms with Crippen molar-refractivity contribution in [3.63, 3.8) is 0 Å². The van der Waals surface area contributed by atoms with E-state index in [9.17, 15) is 14.4 Å². The average molecular weight is 472 g/mol. The Labute approximate surface area is 202 Å². The van der Waals surface area contributed by atoms with E-state index in [1.54, 1.807) is 9.80 Å². The highest BCUT2D eigenvalue weighted by molar-refractivity contribution is 7.99. The maximum atomic E-state index is 13.3. The largest absolute Gasteiger partial charge is 0.326 e. The van der Waals surface area contributed by atoms with Crippen molar-refractivity contribution < 1.29 is 14.4 Å². The van der Waals surface area contributed by atoms with Crippen LogP contribution in [0.5, 0.6) is 0 Å². The van der Waals surface area contributed by atoms with Gasteiger partial charge in [-0.05, 0) is 56.3 Å². The first-order valence-corrected chi connectivity index (χ1v) is 12.1. The predicted molar refractivity (Wildman–Crippen MR) is 134 cm³/mol. The quantitative estimate of drug-likeness (QED) is 0.568. The van der Waals surface area contributed by atoms with Gasteiger partial charge in [0.05, 0.1) is 17.2 Å². The summed E-state index contributed by atoms with van der Waals surface area (Å²) < 4.78 is 0. The molecule has 2 aliphatic rings. The molecule has 0 bridgehead atoms. The minimum atomic E-state index is -0.423. The van der Waals surface area contributed by atoms with E-state index in [0.29, 0.717) is 17.8 Å². The molecule has 34 heavy (non-hydrogen) atoms. The van der Waals surface area contributed by atoms with Crippen LogP contribution < -0.4 is 15.1 Å². The fraction of sp³-hybridized carbons (Fsp3) is 0.222. The lowest BCUT2D eigenvalue weighted by atomic mass is 10.1. The van der Waals surface area contributed by atoms with E-state index in [4.69, 9.17) is 0 Å². The number of rotatable bonds is 4. The Kier molecular flexibility index (Phi) is 5.87. The number of nitrogens with one attached hydrogen (secondary N) is 1. The molecule has 7 heteroatoms. The second-order valence-electron chi connectivity index (χ2n) is 8.78. The van der Waals surface area contributed by atoms with Crippen molar-refractivity contribution in [2.75, 3.05) is 21.7 Å². The SMILES string of the molecule is CC(C)N1C(=O)c2ccccc2Sc2cc(NC(=O)[C@@H]3CC(=O)N(c4ccccc4)C3)ccc21. The van der Waals surface area contributed by atoms with E-state index < -0.39 is 5.92 Å². The summed E-state index contributed by atoms with van der Waals surface area (Å²) in [5.41, 5.74) is 2.96. The van der Waals surface area contributed by atoms with Crippen LogP contribution in [0.15, 0.2) is 82.6 Å². The van der Waals surface area contributed by atoms with E-state index in [-0.39, 0.29) is 30.2 Å². The van der Waals surface area contributed by atoms with Crippen molar-refractivity contribution in [2.45, 2.75) is 36.1 Å². The standard InChI is InChI=1S/C27H25N3O3S/c1-17(2)30-22-13-12-19(15-24(22)34-23-11-7-6-10-21(23)27(30)33)28-26(32)18-14-25(31)29(16-18)20-8-4-3-5-9-20/h3-13,15,17-18H,14,16H2,1-2H3,(H,28,32)/t18-/m1/s1. The molecule has 172 valence electrons. The van der Waals surface area contributed by atoms with E-state index in [1.807, 2.05) is 86.6 Å². The number of benzene rings is 3. The third-order valence-corrected chi connectivity index (χ3v) is 7.25. The monoisotopic (exact) mass is 471 g/mol. The van der Waals surface area contributed by atoms with Gasteiger partial charge in [-0.25, -0.2) is 0 Å². The highest BCUT2D eigenvalue weighted by atomic mass is 32.2. The second-order valence-corrected chi connectivity index (χ2v) is 9.86. The van der Waals surface area contributed by atoms with Crippen LogP contribution in [0, 0.1) is 5.92 Å². The molecular weight excluding hydrogens is 446 g/mol. The first kappa shape index (κ1) is 22.2. The van der Waals surface area contributed by atoms with Crippen LogP contribution >= 0.6 is 11.8 Å². The molecule has 6 nitrogen and oxygen atoms in total. The Hall–Kier alpha value is -3.58. The maximum absolute atomic E-state index is 13.3. The summed E-state index contributed by atoms with van der Waals surface area (Å²) in [7, 11) is 0. The molecule has 0 unspecified atom stereocenters. The van der Waals surface area contributed by atoms with Gasteiger partial charge in [0.15, 0.2) is 0 Å². The van der Waals surface area contributed by atoms with E-state index >= 15 is 0 Å². The zero-order valence-corrected chi connectivity index (χ0v) is 19.8. The van der Waals surface area contributed by atoms with Gasteiger partial charge in [-0.2, -0.15) is 0 Å². The summed E-state index contributed by atoms with van der Waals surface area (Å²) in [4.78, 5) is 44.1. The third kappa shape index (κ3) is 4.07. The number of carbonyl (C=O) groups excluding carboxylic acids is 3. The number of fused-ring (bicyclic) bond motifs is 2. The van der Waals surface area contributed by atoms with Crippen LogP contribution in [0.2, 0.25) is 0 Å². The molecule has 2 aliphatic heterocycles. The summed E-state index contributed by atoms with van der Waals surface area (Å²) >= 11 is 1.52. The predicted octanol–water partition coefficient (Wildman–Crippen LogP) is 5.20. The number of hydrogen-bond acceptors (Lipinski definition) is 4. The lowest BCUT2D eigenvalue weighted by Gasteiger charge is -2.27. The molecule has 0 radical (unpaired) electrons. The molecule has 3 aromatic carbocycles. The smallest absolute Gasteiger partial charge is 0.259 e. The lowest BCUT2D eigenvalue weighted by Crippen LogP contribution is -2.37. The van der Waals surface area contributed by atoms with Gasteiger partial charge in [0.2, 0.25) is 11.8 Å². The second kappa shape index (κ2) is 8.99. The van der Waals surface area contributed by atoms with Crippen LogP contribution in [0.4, 0.5) is 17.1 Å². The van der Waals surface area contributed by atoms with Gasteiger partial charge in [-0.15, -0.1) is 0 Å². The molecule has 0 aromatic heterocycles. The Morgan fingerprint density at radius 3 is 2.47 bits per heavy atom. The molecule has 5 rings (SSSR count). The van der Waals surface area contributed by atoms with Gasteiger partial charge in [-0.3, -0.25) is 14.4 Å². The van der Waals surface area contributed by atoms with Crippen molar-refractivity contribution in [1.82, 2.24) is 0 Å². The van der Waals surface area contributed by atoms with Crippen LogP contribution in [-0.4, -0.2) is 30.3 Å². The number of amides is 3. The fourth-order valence-electron chi connectivity index (χ4n) is 4.46. The molecule has 3 amide bonds. The van der Waals surface area contributed by atoms with Gasteiger partial charge in [0.25, 0.3) is 5.91 Å². The molecule has 3 aromatic rings. The van der Waals surface area contributed by atoms with Crippen molar-refractivity contribution in [1.29, 1.82) is 0 Å². The molecule has 0 aliphatic carbocycles. The van der Waals surface area contributed by atoms with E-state index in [0.717, 1.165) is 21.2 Å². The third-order valence-electron chi connectivity index (χ3n) is 6.12. The molecule has 1 saturated heterocycles.